The molecule has 3 unspecified atom stereocenters. The van der Waals surface area contributed by atoms with E-state index >= 15 is 0 Å². The van der Waals surface area contributed by atoms with Gasteiger partial charge in [-0.2, -0.15) is 0 Å². The van der Waals surface area contributed by atoms with Crippen molar-refractivity contribution < 1.29 is 0 Å². The van der Waals surface area contributed by atoms with Gasteiger partial charge in [-0.3, -0.25) is 0 Å². The molecule has 0 aromatic heterocycles. The SMILES string of the molecule is CCC(C)C(C)NC1CCCCC1(C)C. The van der Waals surface area contributed by atoms with Gasteiger partial charge in [0, 0.05) is 12.1 Å². The van der Waals surface area contributed by atoms with Crippen molar-refractivity contribution in [2.24, 2.45) is 11.3 Å². The van der Waals surface area contributed by atoms with Crippen LogP contribution in [0.4, 0.5) is 0 Å². The highest BCUT2D eigenvalue weighted by Gasteiger charge is 2.33. The molecule has 0 amide bonds. The third-order valence-corrected chi connectivity index (χ3v) is 4.47. The van der Waals surface area contributed by atoms with Gasteiger partial charge < -0.3 is 5.32 Å². The van der Waals surface area contributed by atoms with Crippen LogP contribution in [-0.4, -0.2) is 12.1 Å². The summed E-state index contributed by atoms with van der Waals surface area (Å²) in [7, 11) is 0. The van der Waals surface area contributed by atoms with Crippen LogP contribution in [0.5, 0.6) is 0 Å². The van der Waals surface area contributed by atoms with E-state index in [-0.39, 0.29) is 0 Å². The number of nitrogens with one attached hydrogen (secondary N) is 1. The number of hydrogen-bond acceptors (Lipinski definition) is 1. The first-order valence-electron chi connectivity index (χ1n) is 6.73. The van der Waals surface area contributed by atoms with E-state index in [0.717, 1.165) is 12.0 Å². The normalized spacial score (nSPS) is 29.8. The highest BCUT2D eigenvalue weighted by atomic mass is 15.0. The molecule has 0 saturated heterocycles. The summed E-state index contributed by atoms with van der Waals surface area (Å²) in [6.07, 6.45) is 6.87. The fraction of sp³-hybridized carbons (Fsp3) is 1.00. The monoisotopic (exact) mass is 211 g/mol. The second-order valence-corrected chi connectivity index (χ2v) is 6.13. The van der Waals surface area contributed by atoms with Crippen molar-refractivity contribution >= 4 is 0 Å². The van der Waals surface area contributed by atoms with Crippen LogP contribution < -0.4 is 5.32 Å². The second-order valence-electron chi connectivity index (χ2n) is 6.13. The van der Waals surface area contributed by atoms with Gasteiger partial charge in [-0.25, -0.2) is 0 Å². The lowest BCUT2D eigenvalue weighted by Crippen LogP contribution is -2.49. The quantitative estimate of drug-likeness (QED) is 0.741. The van der Waals surface area contributed by atoms with Crippen molar-refractivity contribution in [1.29, 1.82) is 0 Å². The number of hydrogen-bond donors (Lipinski definition) is 1. The molecule has 0 heterocycles. The van der Waals surface area contributed by atoms with E-state index in [1.807, 2.05) is 0 Å². The van der Waals surface area contributed by atoms with E-state index in [4.69, 9.17) is 0 Å². The third kappa shape index (κ3) is 3.48. The van der Waals surface area contributed by atoms with Crippen molar-refractivity contribution in [1.82, 2.24) is 5.32 Å². The third-order valence-electron chi connectivity index (χ3n) is 4.47. The zero-order valence-electron chi connectivity index (χ0n) is 11.3. The molecule has 1 heteroatoms. The summed E-state index contributed by atoms with van der Waals surface area (Å²) in [5.41, 5.74) is 0.500. The maximum atomic E-state index is 3.86. The van der Waals surface area contributed by atoms with Crippen LogP contribution in [0.25, 0.3) is 0 Å². The highest BCUT2D eigenvalue weighted by Crippen LogP contribution is 2.35. The van der Waals surface area contributed by atoms with Crippen molar-refractivity contribution in [3.63, 3.8) is 0 Å². The van der Waals surface area contributed by atoms with E-state index in [0.29, 0.717) is 11.5 Å². The minimum atomic E-state index is 0.500. The molecule has 1 rings (SSSR count). The molecule has 0 radical (unpaired) electrons. The Kier molecular flexibility index (Phi) is 4.64. The predicted molar refractivity (Wildman–Crippen MR) is 68.1 cm³/mol. The molecule has 1 fully saturated rings. The lowest BCUT2D eigenvalue weighted by molar-refractivity contribution is 0.147. The Labute approximate surface area is 96.0 Å². The molecular formula is C14H29N. The van der Waals surface area contributed by atoms with Gasteiger partial charge in [0.1, 0.15) is 0 Å². The Hall–Kier alpha value is -0.0400. The van der Waals surface area contributed by atoms with Crippen LogP contribution in [0.15, 0.2) is 0 Å². The van der Waals surface area contributed by atoms with Gasteiger partial charge in [0.2, 0.25) is 0 Å². The zero-order valence-corrected chi connectivity index (χ0v) is 11.3. The minimum absolute atomic E-state index is 0.500. The molecule has 0 bridgehead atoms. The summed E-state index contributed by atoms with van der Waals surface area (Å²) in [5, 5.41) is 3.86. The van der Waals surface area contributed by atoms with Gasteiger partial charge in [0.05, 0.1) is 0 Å². The van der Waals surface area contributed by atoms with Crippen molar-refractivity contribution in [2.75, 3.05) is 0 Å². The van der Waals surface area contributed by atoms with Gasteiger partial charge >= 0.3 is 0 Å². The first-order valence-corrected chi connectivity index (χ1v) is 6.73. The molecule has 1 aliphatic rings. The van der Waals surface area contributed by atoms with Gasteiger partial charge in [-0.1, -0.05) is 47.0 Å². The van der Waals surface area contributed by atoms with Crippen LogP contribution in [0.3, 0.4) is 0 Å². The Bertz CT molecular complexity index is 186. The Morgan fingerprint density at radius 3 is 2.47 bits per heavy atom. The summed E-state index contributed by atoms with van der Waals surface area (Å²) >= 11 is 0. The van der Waals surface area contributed by atoms with Crippen molar-refractivity contribution in [2.45, 2.75) is 78.8 Å². The Balaban J connectivity index is 2.48. The lowest BCUT2D eigenvalue weighted by Gasteiger charge is -2.41. The van der Waals surface area contributed by atoms with Crippen LogP contribution in [-0.2, 0) is 0 Å². The van der Waals surface area contributed by atoms with E-state index < -0.39 is 0 Å². The minimum Gasteiger partial charge on any atom is -0.311 e. The van der Waals surface area contributed by atoms with Gasteiger partial charge in [-0.15, -0.1) is 0 Å². The molecule has 0 spiro atoms. The van der Waals surface area contributed by atoms with E-state index in [1.54, 1.807) is 0 Å². The second kappa shape index (κ2) is 5.34. The fourth-order valence-electron chi connectivity index (χ4n) is 2.64. The lowest BCUT2D eigenvalue weighted by atomic mass is 9.73. The molecule has 0 aliphatic heterocycles. The maximum absolute atomic E-state index is 3.86. The smallest absolute Gasteiger partial charge is 0.0121 e. The Morgan fingerprint density at radius 2 is 1.93 bits per heavy atom. The highest BCUT2D eigenvalue weighted by molar-refractivity contribution is 4.89. The van der Waals surface area contributed by atoms with Crippen molar-refractivity contribution in [3.05, 3.63) is 0 Å². The molecule has 1 saturated carbocycles. The average molecular weight is 211 g/mol. The summed E-state index contributed by atoms with van der Waals surface area (Å²) in [6.45, 7) is 11.8. The van der Waals surface area contributed by atoms with Crippen LogP contribution in [0.1, 0.15) is 66.7 Å². The molecule has 0 aromatic rings. The molecule has 1 aliphatic carbocycles. The fourth-order valence-corrected chi connectivity index (χ4v) is 2.64. The summed E-state index contributed by atoms with van der Waals surface area (Å²) in [6, 6.07) is 1.40. The molecule has 0 aromatic carbocycles. The van der Waals surface area contributed by atoms with Crippen LogP contribution in [0.2, 0.25) is 0 Å². The largest absolute Gasteiger partial charge is 0.311 e. The molecule has 1 nitrogen and oxygen atoms in total. The van der Waals surface area contributed by atoms with Crippen molar-refractivity contribution in [3.8, 4) is 0 Å². The summed E-state index contributed by atoms with van der Waals surface area (Å²) < 4.78 is 0. The molecular weight excluding hydrogens is 182 g/mol. The van der Waals surface area contributed by atoms with Gasteiger partial charge in [-0.05, 0) is 31.1 Å². The van der Waals surface area contributed by atoms with E-state index in [2.05, 4.69) is 39.9 Å². The molecule has 1 N–H and O–H groups in total. The standard InChI is InChI=1S/C14H29N/c1-6-11(2)12(3)15-13-9-7-8-10-14(13,4)5/h11-13,15H,6-10H2,1-5H3. The Morgan fingerprint density at radius 1 is 1.27 bits per heavy atom. The zero-order chi connectivity index (χ0) is 11.5. The van der Waals surface area contributed by atoms with Crippen LogP contribution >= 0.6 is 0 Å². The maximum Gasteiger partial charge on any atom is 0.0121 e. The summed E-state index contributed by atoms with van der Waals surface area (Å²) in [4.78, 5) is 0. The summed E-state index contributed by atoms with van der Waals surface area (Å²) in [5.74, 6) is 0.794. The van der Waals surface area contributed by atoms with E-state index in [9.17, 15) is 0 Å². The average Bonchev–Trinajstić information content (AvgIpc) is 2.19. The van der Waals surface area contributed by atoms with Gasteiger partial charge in [0.25, 0.3) is 0 Å². The first-order chi connectivity index (χ1) is 6.97. The predicted octanol–water partition coefficient (Wildman–Crippen LogP) is 3.98. The topological polar surface area (TPSA) is 12.0 Å². The van der Waals surface area contributed by atoms with E-state index in [1.165, 1.54) is 32.1 Å². The molecule has 3 atom stereocenters. The van der Waals surface area contributed by atoms with Gasteiger partial charge in [0.15, 0.2) is 0 Å². The molecule has 15 heavy (non-hydrogen) atoms. The molecule has 90 valence electrons. The number of rotatable bonds is 4. The van der Waals surface area contributed by atoms with Crippen LogP contribution in [0, 0.1) is 11.3 Å². The first kappa shape index (κ1) is 13.0.